The molecule has 27 heavy (non-hydrogen) atoms. The number of ether oxygens (including phenoxy) is 1. The first-order chi connectivity index (χ1) is 12.9. The van der Waals surface area contributed by atoms with E-state index in [1.54, 1.807) is 6.26 Å². The summed E-state index contributed by atoms with van der Waals surface area (Å²) in [5, 5.41) is 0. The molecule has 0 atom stereocenters. The second-order valence-corrected chi connectivity index (χ2v) is 8.18. The zero-order chi connectivity index (χ0) is 20.6. The summed E-state index contributed by atoms with van der Waals surface area (Å²) in [7, 11) is -4.64. The highest BCUT2D eigenvalue weighted by atomic mass is 31.2. The minimum Gasteiger partial charge on any atom is -0.502 e. The standard InChI is InChI=1S/C21H42O.H3O4P/c1-3-5-6-7-8-9-10-11-12-13-14-15-16-17-18-19-21-22-20-4-2;1-5(2,3)4/h4,20H,3,5-19,21H2,1-2H3;(H3,1,2,3,4)/b20-4+;. The van der Waals surface area contributed by atoms with Gasteiger partial charge in [0.15, 0.2) is 0 Å². The Bertz CT molecular complexity index is 333. The van der Waals surface area contributed by atoms with Gasteiger partial charge in [0, 0.05) is 0 Å². The first-order valence-electron chi connectivity index (χ1n) is 10.9. The molecule has 3 N–H and O–H groups in total. The average molecular weight is 409 g/mol. The van der Waals surface area contributed by atoms with E-state index in [2.05, 4.69) is 6.92 Å². The van der Waals surface area contributed by atoms with Gasteiger partial charge >= 0.3 is 7.82 Å². The summed E-state index contributed by atoms with van der Waals surface area (Å²) in [5.74, 6) is 0. The molecule has 0 aliphatic carbocycles. The fourth-order valence-corrected chi connectivity index (χ4v) is 2.90. The molecule has 6 heteroatoms. The van der Waals surface area contributed by atoms with Crippen LogP contribution in [0.2, 0.25) is 0 Å². The lowest BCUT2D eigenvalue weighted by Gasteiger charge is -2.03. The Kier molecular flexibility index (Phi) is 25.3. The third-order valence-corrected chi connectivity index (χ3v) is 4.35. The van der Waals surface area contributed by atoms with Crippen LogP contribution in [0.1, 0.15) is 117 Å². The second-order valence-electron chi connectivity index (χ2n) is 7.16. The van der Waals surface area contributed by atoms with E-state index in [0.717, 1.165) is 6.61 Å². The van der Waals surface area contributed by atoms with Crippen molar-refractivity contribution in [3.05, 3.63) is 12.3 Å². The van der Waals surface area contributed by atoms with Crippen LogP contribution in [0.15, 0.2) is 12.3 Å². The van der Waals surface area contributed by atoms with Crippen molar-refractivity contribution < 1.29 is 24.0 Å². The summed E-state index contributed by atoms with van der Waals surface area (Å²) in [5.41, 5.74) is 0. The van der Waals surface area contributed by atoms with Crippen LogP contribution in [0.3, 0.4) is 0 Å². The Morgan fingerprint density at radius 1 is 0.667 bits per heavy atom. The van der Waals surface area contributed by atoms with Gasteiger partial charge in [-0.25, -0.2) is 4.57 Å². The molecule has 0 radical (unpaired) electrons. The van der Waals surface area contributed by atoms with Crippen molar-refractivity contribution in [1.82, 2.24) is 0 Å². The van der Waals surface area contributed by atoms with Crippen molar-refractivity contribution in [2.24, 2.45) is 0 Å². The molecule has 0 amide bonds. The first-order valence-corrected chi connectivity index (χ1v) is 12.5. The predicted molar refractivity (Wildman–Crippen MR) is 115 cm³/mol. The van der Waals surface area contributed by atoms with E-state index in [0.29, 0.717) is 0 Å². The van der Waals surface area contributed by atoms with Crippen LogP contribution < -0.4 is 0 Å². The summed E-state index contributed by atoms with van der Waals surface area (Å²) < 4.78 is 14.2. The quantitative estimate of drug-likeness (QED) is 0.131. The molecule has 0 saturated heterocycles. The van der Waals surface area contributed by atoms with Crippen LogP contribution >= 0.6 is 7.82 Å². The Morgan fingerprint density at radius 2 is 0.963 bits per heavy atom. The van der Waals surface area contributed by atoms with E-state index in [1.807, 2.05) is 13.0 Å². The Hall–Kier alpha value is -0.350. The molecule has 0 spiro atoms. The molecule has 0 rings (SSSR count). The van der Waals surface area contributed by atoms with E-state index < -0.39 is 7.82 Å². The maximum atomic E-state index is 8.88. The first kappa shape index (κ1) is 28.9. The largest absolute Gasteiger partial charge is 0.502 e. The van der Waals surface area contributed by atoms with E-state index in [9.17, 15) is 0 Å². The minimum atomic E-state index is -4.64. The summed E-state index contributed by atoms with van der Waals surface area (Å²) in [6.45, 7) is 5.18. The lowest BCUT2D eigenvalue weighted by Crippen LogP contribution is -1.88. The molecule has 0 unspecified atom stereocenters. The summed E-state index contributed by atoms with van der Waals surface area (Å²) in [4.78, 5) is 21.6. The lowest BCUT2D eigenvalue weighted by atomic mass is 10.0. The van der Waals surface area contributed by atoms with Gasteiger partial charge in [0.1, 0.15) is 0 Å². The van der Waals surface area contributed by atoms with Gasteiger partial charge in [0.25, 0.3) is 0 Å². The molecule has 0 aromatic carbocycles. The zero-order valence-corrected chi connectivity index (χ0v) is 18.7. The van der Waals surface area contributed by atoms with Crippen molar-refractivity contribution in [1.29, 1.82) is 0 Å². The van der Waals surface area contributed by atoms with Crippen molar-refractivity contribution in [3.8, 4) is 0 Å². The highest BCUT2D eigenvalue weighted by Crippen LogP contribution is 2.25. The summed E-state index contributed by atoms with van der Waals surface area (Å²) >= 11 is 0. The molecule has 164 valence electrons. The smallest absolute Gasteiger partial charge is 0.466 e. The zero-order valence-electron chi connectivity index (χ0n) is 17.8. The number of unbranched alkanes of at least 4 members (excludes halogenated alkanes) is 15. The highest BCUT2D eigenvalue weighted by molar-refractivity contribution is 7.45. The normalized spacial score (nSPS) is 11.4. The van der Waals surface area contributed by atoms with Crippen molar-refractivity contribution >= 4 is 7.82 Å². The number of phosphoric acid groups is 1. The van der Waals surface area contributed by atoms with Crippen LogP contribution in [0, 0.1) is 0 Å². The van der Waals surface area contributed by atoms with Crippen LogP contribution in [-0.2, 0) is 9.30 Å². The number of rotatable bonds is 18. The van der Waals surface area contributed by atoms with Gasteiger partial charge < -0.3 is 19.4 Å². The lowest BCUT2D eigenvalue weighted by molar-refractivity contribution is 0.240. The average Bonchev–Trinajstić information content (AvgIpc) is 2.59. The van der Waals surface area contributed by atoms with Gasteiger partial charge in [-0.2, -0.15) is 0 Å². The van der Waals surface area contributed by atoms with Gasteiger partial charge in [-0.05, 0) is 13.3 Å². The molecule has 0 aromatic heterocycles. The molecular weight excluding hydrogens is 363 g/mol. The van der Waals surface area contributed by atoms with Crippen molar-refractivity contribution in [3.63, 3.8) is 0 Å². The maximum absolute atomic E-state index is 8.88. The van der Waals surface area contributed by atoms with Crippen LogP contribution in [0.5, 0.6) is 0 Å². The minimum absolute atomic E-state index is 0.892. The molecule has 0 bridgehead atoms. The highest BCUT2D eigenvalue weighted by Gasteiger charge is 2.00. The summed E-state index contributed by atoms with van der Waals surface area (Å²) in [6.07, 6.45) is 26.5. The fourth-order valence-electron chi connectivity index (χ4n) is 2.90. The molecule has 0 fully saturated rings. The van der Waals surface area contributed by atoms with Crippen molar-refractivity contribution in [2.75, 3.05) is 6.61 Å². The molecule has 0 aliphatic rings. The summed E-state index contributed by atoms with van der Waals surface area (Å²) in [6, 6.07) is 0. The van der Waals surface area contributed by atoms with E-state index in [4.69, 9.17) is 24.0 Å². The van der Waals surface area contributed by atoms with Crippen LogP contribution in [0.4, 0.5) is 0 Å². The van der Waals surface area contributed by atoms with Gasteiger partial charge in [0.2, 0.25) is 0 Å². The topological polar surface area (TPSA) is 87.0 Å². The fraction of sp³-hybridized carbons (Fsp3) is 0.905. The van der Waals surface area contributed by atoms with Crippen molar-refractivity contribution in [2.45, 2.75) is 117 Å². The molecule has 0 aromatic rings. The monoisotopic (exact) mass is 408 g/mol. The SMILES string of the molecule is C/C=C/OCCCCCCCCCCCCCCCCCC.O=P(O)(O)O. The Morgan fingerprint density at radius 3 is 1.26 bits per heavy atom. The van der Waals surface area contributed by atoms with Crippen LogP contribution in [-0.4, -0.2) is 21.3 Å². The molecule has 0 aliphatic heterocycles. The van der Waals surface area contributed by atoms with E-state index in [1.165, 1.54) is 103 Å². The predicted octanol–water partition coefficient (Wildman–Crippen LogP) is 6.87. The molecule has 5 nitrogen and oxygen atoms in total. The van der Waals surface area contributed by atoms with Gasteiger partial charge in [0.05, 0.1) is 12.9 Å². The van der Waals surface area contributed by atoms with Crippen LogP contribution in [0.25, 0.3) is 0 Å². The Labute approximate surface area is 167 Å². The molecule has 0 heterocycles. The maximum Gasteiger partial charge on any atom is 0.466 e. The number of hydrogen-bond donors (Lipinski definition) is 3. The van der Waals surface area contributed by atoms with Gasteiger partial charge in [-0.3, -0.25) is 0 Å². The third-order valence-electron chi connectivity index (χ3n) is 4.35. The van der Waals surface area contributed by atoms with E-state index in [-0.39, 0.29) is 0 Å². The van der Waals surface area contributed by atoms with Gasteiger partial charge in [-0.15, -0.1) is 0 Å². The van der Waals surface area contributed by atoms with Gasteiger partial charge in [-0.1, -0.05) is 109 Å². The van der Waals surface area contributed by atoms with E-state index >= 15 is 0 Å². The Balaban J connectivity index is 0. The molecular formula is C21H45O5P. The molecule has 0 saturated carbocycles. The second kappa shape index (κ2) is 23.7. The number of hydrogen-bond acceptors (Lipinski definition) is 2. The third kappa shape index (κ3) is 41.2. The number of allylic oxidation sites excluding steroid dienone is 1.